The van der Waals surface area contributed by atoms with Gasteiger partial charge in [0.15, 0.2) is 6.61 Å². The van der Waals surface area contributed by atoms with E-state index >= 15 is 0 Å². The predicted octanol–water partition coefficient (Wildman–Crippen LogP) is 3.17. The van der Waals surface area contributed by atoms with E-state index in [0.29, 0.717) is 34.0 Å². The van der Waals surface area contributed by atoms with E-state index in [2.05, 4.69) is 10.3 Å². The third-order valence-electron chi connectivity index (χ3n) is 4.12. The second-order valence-corrected chi connectivity index (χ2v) is 6.52. The zero-order valence-corrected chi connectivity index (χ0v) is 16.1. The Labute approximate surface area is 165 Å². The van der Waals surface area contributed by atoms with Crippen molar-refractivity contribution < 1.29 is 14.3 Å². The molecule has 0 unspecified atom stereocenters. The largest absolute Gasteiger partial charge is 0.452 e. The van der Waals surface area contributed by atoms with E-state index in [1.165, 1.54) is 0 Å². The van der Waals surface area contributed by atoms with Gasteiger partial charge in [0.25, 0.3) is 11.5 Å². The van der Waals surface area contributed by atoms with Crippen LogP contribution in [-0.2, 0) is 16.1 Å². The van der Waals surface area contributed by atoms with Gasteiger partial charge in [-0.2, -0.15) is 0 Å². The van der Waals surface area contributed by atoms with Crippen molar-refractivity contribution in [3.63, 3.8) is 0 Å². The van der Waals surface area contributed by atoms with Crippen LogP contribution in [0.15, 0.2) is 47.3 Å². The van der Waals surface area contributed by atoms with Gasteiger partial charge in [-0.25, -0.2) is 9.78 Å². The van der Waals surface area contributed by atoms with Crippen LogP contribution in [-0.4, -0.2) is 28.0 Å². The molecule has 7 nitrogen and oxygen atoms in total. The Kier molecular flexibility index (Phi) is 5.75. The van der Waals surface area contributed by atoms with Crippen LogP contribution < -0.4 is 10.9 Å². The molecule has 8 heteroatoms. The lowest BCUT2D eigenvalue weighted by atomic mass is 10.2. The van der Waals surface area contributed by atoms with Gasteiger partial charge in [0.1, 0.15) is 5.69 Å². The summed E-state index contributed by atoms with van der Waals surface area (Å²) in [6.45, 7) is 3.55. The molecule has 0 fully saturated rings. The topological polar surface area (TPSA) is 90.3 Å². The third-order valence-corrected chi connectivity index (χ3v) is 4.38. The van der Waals surface area contributed by atoms with Gasteiger partial charge < -0.3 is 14.6 Å². The van der Waals surface area contributed by atoms with E-state index in [1.54, 1.807) is 54.0 Å². The summed E-state index contributed by atoms with van der Waals surface area (Å²) in [7, 11) is 0. The molecule has 1 aromatic heterocycles. The number of hydrogen-bond donors (Lipinski definition) is 1. The van der Waals surface area contributed by atoms with Crippen LogP contribution in [0.25, 0.3) is 11.0 Å². The van der Waals surface area contributed by atoms with Crippen molar-refractivity contribution in [2.24, 2.45) is 0 Å². The molecule has 0 aliphatic rings. The first-order chi connectivity index (χ1) is 13.4. The quantitative estimate of drug-likeness (QED) is 0.665. The second-order valence-electron chi connectivity index (χ2n) is 6.08. The van der Waals surface area contributed by atoms with Crippen molar-refractivity contribution in [3.8, 4) is 0 Å². The first-order valence-electron chi connectivity index (χ1n) is 8.62. The standard InChI is InChI=1S/C20H18ClN3O4/c1-3-24-17-9-4-13(10-16(17)22-12(2)19(24)26)20(27)28-11-18(25)23-15-7-5-14(21)6-8-15/h4-10H,3,11H2,1-2H3,(H,23,25). The van der Waals surface area contributed by atoms with Gasteiger partial charge in [-0.1, -0.05) is 11.6 Å². The highest BCUT2D eigenvalue weighted by Crippen LogP contribution is 2.15. The Morgan fingerprint density at radius 3 is 2.57 bits per heavy atom. The van der Waals surface area contributed by atoms with E-state index in [1.807, 2.05) is 6.92 Å². The summed E-state index contributed by atoms with van der Waals surface area (Å²) in [5, 5.41) is 3.16. The summed E-state index contributed by atoms with van der Waals surface area (Å²) < 4.78 is 6.66. The van der Waals surface area contributed by atoms with Crippen LogP contribution in [0.3, 0.4) is 0 Å². The molecule has 1 heterocycles. The minimum Gasteiger partial charge on any atom is -0.452 e. The first-order valence-corrected chi connectivity index (χ1v) is 9.00. The molecule has 0 spiro atoms. The van der Waals surface area contributed by atoms with Crippen LogP contribution in [0.4, 0.5) is 5.69 Å². The second kappa shape index (κ2) is 8.22. The first kappa shape index (κ1) is 19.6. The van der Waals surface area contributed by atoms with Crippen molar-refractivity contribution in [3.05, 3.63) is 69.1 Å². The van der Waals surface area contributed by atoms with E-state index in [4.69, 9.17) is 16.3 Å². The Bertz CT molecular complexity index is 1110. The normalized spacial score (nSPS) is 10.7. The monoisotopic (exact) mass is 399 g/mol. The maximum atomic E-state index is 12.3. The lowest BCUT2D eigenvalue weighted by Gasteiger charge is -2.10. The van der Waals surface area contributed by atoms with Gasteiger partial charge in [0.2, 0.25) is 0 Å². The smallest absolute Gasteiger partial charge is 0.338 e. The minimum absolute atomic E-state index is 0.163. The Morgan fingerprint density at radius 2 is 1.89 bits per heavy atom. The Hall–Kier alpha value is -3.19. The fourth-order valence-corrected chi connectivity index (χ4v) is 2.89. The number of ether oxygens (including phenoxy) is 1. The number of hydrogen-bond acceptors (Lipinski definition) is 5. The highest BCUT2D eigenvalue weighted by molar-refractivity contribution is 6.30. The third kappa shape index (κ3) is 4.20. The summed E-state index contributed by atoms with van der Waals surface area (Å²) in [6.07, 6.45) is 0. The van der Waals surface area contributed by atoms with Gasteiger partial charge in [-0.05, 0) is 56.3 Å². The number of amides is 1. The van der Waals surface area contributed by atoms with Crippen LogP contribution in [0.1, 0.15) is 23.0 Å². The lowest BCUT2D eigenvalue weighted by Crippen LogP contribution is -2.23. The fraction of sp³-hybridized carbons (Fsp3) is 0.200. The molecule has 28 heavy (non-hydrogen) atoms. The van der Waals surface area contributed by atoms with Crippen molar-refractivity contribution in [1.82, 2.24) is 9.55 Å². The van der Waals surface area contributed by atoms with Gasteiger partial charge in [-0.3, -0.25) is 9.59 Å². The number of rotatable bonds is 5. The van der Waals surface area contributed by atoms with Crippen molar-refractivity contribution in [2.45, 2.75) is 20.4 Å². The number of aromatic nitrogens is 2. The summed E-state index contributed by atoms with van der Waals surface area (Å²) in [5.74, 6) is -1.12. The van der Waals surface area contributed by atoms with E-state index in [0.717, 1.165) is 0 Å². The molecule has 3 rings (SSSR count). The molecular formula is C20H18ClN3O4. The maximum Gasteiger partial charge on any atom is 0.338 e. The van der Waals surface area contributed by atoms with Crippen LogP contribution in [0.2, 0.25) is 5.02 Å². The summed E-state index contributed by atoms with van der Waals surface area (Å²) in [6, 6.07) is 11.3. The van der Waals surface area contributed by atoms with E-state index in [9.17, 15) is 14.4 Å². The number of esters is 1. The van der Waals surface area contributed by atoms with Crippen LogP contribution in [0, 0.1) is 6.92 Å². The molecule has 0 aliphatic carbocycles. The fourth-order valence-electron chi connectivity index (χ4n) is 2.76. The Balaban J connectivity index is 1.71. The Morgan fingerprint density at radius 1 is 1.18 bits per heavy atom. The molecule has 0 radical (unpaired) electrons. The number of anilines is 1. The van der Waals surface area contributed by atoms with Gasteiger partial charge >= 0.3 is 5.97 Å². The molecule has 1 N–H and O–H groups in total. The van der Waals surface area contributed by atoms with E-state index < -0.39 is 18.5 Å². The molecular weight excluding hydrogens is 382 g/mol. The predicted molar refractivity (Wildman–Crippen MR) is 107 cm³/mol. The number of carbonyl (C=O) groups excluding carboxylic acids is 2. The average Bonchev–Trinajstić information content (AvgIpc) is 2.68. The number of nitrogens with one attached hydrogen (secondary N) is 1. The van der Waals surface area contributed by atoms with Gasteiger partial charge in [-0.15, -0.1) is 0 Å². The van der Waals surface area contributed by atoms with Crippen LogP contribution in [0.5, 0.6) is 0 Å². The number of carbonyl (C=O) groups is 2. The van der Waals surface area contributed by atoms with Crippen molar-refractivity contribution in [2.75, 3.05) is 11.9 Å². The molecule has 0 saturated carbocycles. The summed E-state index contributed by atoms with van der Waals surface area (Å²) in [4.78, 5) is 40.6. The zero-order valence-electron chi connectivity index (χ0n) is 15.4. The average molecular weight is 400 g/mol. The SMILES string of the molecule is CCn1c(=O)c(C)nc2cc(C(=O)OCC(=O)Nc3ccc(Cl)cc3)ccc21. The number of fused-ring (bicyclic) bond motifs is 1. The number of halogens is 1. The van der Waals surface area contributed by atoms with Gasteiger partial charge in [0.05, 0.1) is 16.6 Å². The highest BCUT2D eigenvalue weighted by Gasteiger charge is 2.14. The molecule has 0 bridgehead atoms. The number of aryl methyl sites for hydroxylation is 2. The molecule has 3 aromatic rings. The molecule has 0 atom stereocenters. The molecule has 1 amide bonds. The van der Waals surface area contributed by atoms with E-state index in [-0.39, 0.29) is 11.1 Å². The molecule has 0 aliphatic heterocycles. The molecule has 0 saturated heterocycles. The number of nitrogens with zero attached hydrogens (tertiary/aromatic N) is 2. The van der Waals surface area contributed by atoms with Crippen molar-refractivity contribution >= 4 is 40.2 Å². The van der Waals surface area contributed by atoms with Crippen molar-refractivity contribution in [1.29, 1.82) is 0 Å². The van der Waals surface area contributed by atoms with Crippen LogP contribution >= 0.6 is 11.6 Å². The summed E-state index contributed by atoms with van der Waals surface area (Å²) in [5.41, 5.74) is 2.13. The number of benzene rings is 2. The summed E-state index contributed by atoms with van der Waals surface area (Å²) >= 11 is 5.79. The highest BCUT2D eigenvalue weighted by atomic mass is 35.5. The van der Waals surface area contributed by atoms with Gasteiger partial charge in [0, 0.05) is 17.3 Å². The zero-order chi connectivity index (χ0) is 20.3. The molecule has 2 aromatic carbocycles. The maximum absolute atomic E-state index is 12.3. The molecule has 144 valence electrons. The lowest BCUT2D eigenvalue weighted by molar-refractivity contribution is -0.119. The minimum atomic E-state index is -0.651.